The average molecular weight is 295 g/mol. The highest BCUT2D eigenvalue weighted by atomic mass is 16.3. The lowest BCUT2D eigenvalue weighted by atomic mass is 9.97. The fraction of sp³-hybridized carbons (Fsp3) is 0.235. The highest BCUT2D eigenvalue weighted by Gasteiger charge is 2.45. The lowest BCUT2D eigenvalue weighted by molar-refractivity contribution is -0.0766. The molecule has 112 valence electrons. The van der Waals surface area contributed by atoms with Crippen LogP contribution in [0.15, 0.2) is 60.0 Å². The number of nitrogens with zero attached hydrogens (tertiary/aromatic N) is 3. The van der Waals surface area contributed by atoms with Crippen molar-refractivity contribution in [2.75, 3.05) is 0 Å². The van der Waals surface area contributed by atoms with Gasteiger partial charge in [-0.15, -0.1) is 0 Å². The van der Waals surface area contributed by atoms with Crippen LogP contribution in [-0.4, -0.2) is 26.7 Å². The topological polar surface area (TPSA) is 65.8 Å². The summed E-state index contributed by atoms with van der Waals surface area (Å²) in [6.07, 6.45) is 4.20. The predicted molar refractivity (Wildman–Crippen MR) is 83.1 cm³/mol. The first-order valence-corrected chi connectivity index (χ1v) is 7.24. The Morgan fingerprint density at radius 2 is 1.91 bits per heavy atom. The second kappa shape index (κ2) is 5.69. The van der Waals surface area contributed by atoms with Crippen LogP contribution in [0.5, 0.6) is 0 Å². The summed E-state index contributed by atoms with van der Waals surface area (Å²) in [6, 6.07) is 12.3. The minimum Gasteiger partial charge on any atom is -0.365 e. The molecule has 1 aromatic heterocycles. The van der Waals surface area contributed by atoms with Crippen molar-refractivity contribution in [2.45, 2.75) is 25.5 Å². The van der Waals surface area contributed by atoms with Crippen LogP contribution in [0.25, 0.3) is 0 Å². The van der Waals surface area contributed by atoms with Crippen LogP contribution in [0.2, 0.25) is 0 Å². The number of rotatable bonds is 3. The standard InChI is InChI=1S/C17H17N3O2/c1-2-15-12-17(22,14-8-10-18-11-9-14)20(19-15)16(21)13-6-4-3-5-7-13/h3-11,22H,2,12H2,1H3/t17-/m0/s1. The maximum absolute atomic E-state index is 12.7. The van der Waals surface area contributed by atoms with Gasteiger partial charge in [0.2, 0.25) is 0 Å². The minimum atomic E-state index is -1.46. The van der Waals surface area contributed by atoms with E-state index in [1.54, 1.807) is 48.8 Å². The van der Waals surface area contributed by atoms with E-state index in [0.717, 1.165) is 5.71 Å². The van der Waals surface area contributed by atoms with Crippen molar-refractivity contribution >= 4 is 11.6 Å². The molecule has 0 radical (unpaired) electrons. The highest BCUT2D eigenvalue weighted by molar-refractivity contribution is 5.98. The Morgan fingerprint density at radius 3 is 2.55 bits per heavy atom. The Hall–Kier alpha value is -2.53. The maximum Gasteiger partial charge on any atom is 0.276 e. The van der Waals surface area contributed by atoms with Crippen LogP contribution in [-0.2, 0) is 5.72 Å². The molecule has 2 aromatic rings. The molecule has 0 saturated heterocycles. The Morgan fingerprint density at radius 1 is 1.23 bits per heavy atom. The second-order valence-corrected chi connectivity index (χ2v) is 5.23. The molecule has 1 aromatic carbocycles. The summed E-state index contributed by atoms with van der Waals surface area (Å²) in [5.74, 6) is -0.316. The lowest BCUT2D eigenvalue weighted by Gasteiger charge is -2.31. The van der Waals surface area contributed by atoms with E-state index in [1.807, 2.05) is 13.0 Å². The minimum absolute atomic E-state index is 0.312. The van der Waals surface area contributed by atoms with E-state index in [1.165, 1.54) is 5.01 Å². The molecule has 22 heavy (non-hydrogen) atoms. The molecule has 0 aliphatic carbocycles. The molecule has 0 fully saturated rings. The second-order valence-electron chi connectivity index (χ2n) is 5.23. The van der Waals surface area contributed by atoms with Crippen LogP contribution >= 0.6 is 0 Å². The van der Waals surface area contributed by atoms with Gasteiger partial charge in [-0.25, -0.2) is 0 Å². The van der Waals surface area contributed by atoms with E-state index < -0.39 is 5.72 Å². The van der Waals surface area contributed by atoms with Gasteiger partial charge in [-0.2, -0.15) is 10.1 Å². The zero-order valence-electron chi connectivity index (χ0n) is 12.3. The number of amides is 1. The number of hydrogen-bond donors (Lipinski definition) is 1. The first-order chi connectivity index (χ1) is 10.6. The first-order valence-electron chi connectivity index (χ1n) is 7.24. The molecule has 1 amide bonds. The zero-order chi connectivity index (χ0) is 15.6. The summed E-state index contributed by atoms with van der Waals surface area (Å²) >= 11 is 0. The Bertz CT molecular complexity index is 700. The van der Waals surface area contributed by atoms with Gasteiger partial charge in [-0.1, -0.05) is 25.1 Å². The third kappa shape index (κ3) is 2.40. The van der Waals surface area contributed by atoms with Crippen molar-refractivity contribution in [3.63, 3.8) is 0 Å². The number of carbonyl (C=O) groups excluding carboxylic acids is 1. The summed E-state index contributed by atoms with van der Waals surface area (Å²) in [5, 5.41) is 16.7. The van der Waals surface area contributed by atoms with Gasteiger partial charge in [0.15, 0.2) is 5.72 Å². The Kier molecular flexibility index (Phi) is 3.73. The largest absolute Gasteiger partial charge is 0.365 e. The van der Waals surface area contributed by atoms with Crippen molar-refractivity contribution in [2.24, 2.45) is 5.10 Å². The number of hydrogen-bond acceptors (Lipinski definition) is 4. The van der Waals surface area contributed by atoms with Gasteiger partial charge >= 0.3 is 0 Å². The molecular formula is C17H17N3O2. The van der Waals surface area contributed by atoms with E-state index in [2.05, 4.69) is 10.1 Å². The molecule has 3 rings (SSSR count). The zero-order valence-corrected chi connectivity index (χ0v) is 12.3. The maximum atomic E-state index is 12.7. The van der Waals surface area contributed by atoms with Crippen molar-refractivity contribution in [1.29, 1.82) is 0 Å². The summed E-state index contributed by atoms with van der Waals surface area (Å²) in [4.78, 5) is 16.7. The molecule has 5 heteroatoms. The molecule has 1 aliphatic rings. The third-order valence-electron chi connectivity index (χ3n) is 3.81. The molecule has 1 aliphatic heterocycles. The first kappa shape index (κ1) is 14.4. The molecule has 1 atom stereocenters. The lowest BCUT2D eigenvalue weighted by Crippen LogP contribution is -2.43. The van der Waals surface area contributed by atoms with Gasteiger partial charge in [0.25, 0.3) is 5.91 Å². The van der Waals surface area contributed by atoms with Gasteiger partial charge in [0.05, 0.1) is 0 Å². The van der Waals surface area contributed by atoms with Gasteiger partial charge in [0, 0.05) is 35.7 Å². The SMILES string of the molecule is CCC1=NN(C(=O)c2ccccc2)[C@@](O)(c2ccncc2)C1. The van der Waals surface area contributed by atoms with E-state index in [-0.39, 0.29) is 5.91 Å². The normalized spacial score (nSPS) is 20.8. The monoisotopic (exact) mass is 295 g/mol. The van der Waals surface area contributed by atoms with Gasteiger partial charge in [-0.3, -0.25) is 9.78 Å². The van der Waals surface area contributed by atoms with Crippen LogP contribution < -0.4 is 0 Å². The van der Waals surface area contributed by atoms with Crippen molar-refractivity contribution < 1.29 is 9.90 Å². The number of aromatic nitrogens is 1. The van der Waals surface area contributed by atoms with E-state index >= 15 is 0 Å². The molecule has 1 N–H and O–H groups in total. The van der Waals surface area contributed by atoms with Gasteiger partial charge < -0.3 is 5.11 Å². The summed E-state index contributed by atoms with van der Waals surface area (Å²) in [5.41, 5.74) is 0.444. The third-order valence-corrected chi connectivity index (χ3v) is 3.81. The van der Waals surface area contributed by atoms with Crippen molar-refractivity contribution in [1.82, 2.24) is 9.99 Å². The van der Waals surface area contributed by atoms with Crippen LogP contribution in [0.1, 0.15) is 35.7 Å². The van der Waals surface area contributed by atoms with Crippen LogP contribution in [0, 0.1) is 0 Å². The fourth-order valence-corrected chi connectivity index (χ4v) is 2.57. The van der Waals surface area contributed by atoms with E-state index in [4.69, 9.17) is 0 Å². The number of pyridine rings is 1. The predicted octanol–water partition coefficient (Wildman–Crippen LogP) is 2.54. The van der Waals surface area contributed by atoms with Gasteiger partial charge in [0.1, 0.15) is 0 Å². The molecule has 0 spiro atoms. The molecule has 5 nitrogen and oxygen atoms in total. The molecular weight excluding hydrogens is 278 g/mol. The average Bonchev–Trinajstić information content (AvgIpc) is 2.94. The molecule has 0 saturated carbocycles. The Balaban J connectivity index is 2.02. The van der Waals surface area contributed by atoms with Crippen LogP contribution in [0.4, 0.5) is 0 Å². The Labute approximate surface area is 128 Å². The summed E-state index contributed by atoms with van der Waals surface area (Å²) in [7, 11) is 0. The van der Waals surface area contributed by atoms with Crippen molar-refractivity contribution in [3.05, 3.63) is 66.0 Å². The molecule has 0 unspecified atom stereocenters. The van der Waals surface area contributed by atoms with Crippen LogP contribution in [0.3, 0.4) is 0 Å². The number of carbonyl (C=O) groups is 1. The van der Waals surface area contributed by atoms with E-state index in [9.17, 15) is 9.90 Å². The smallest absolute Gasteiger partial charge is 0.276 e. The number of benzene rings is 1. The number of hydrazone groups is 1. The number of aliphatic hydroxyl groups is 1. The molecule has 0 bridgehead atoms. The van der Waals surface area contributed by atoms with Crippen molar-refractivity contribution in [3.8, 4) is 0 Å². The summed E-state index contributed by atoms with van der Waals surface area (Å²) < 4.78 is 0. The fourth-order valence-electron chi connectivity index (χ4n) is 2.57. The summed E-state index contributed by atoms with van der Waals surface area (Å²) in [6.45, 7) is 1.96. The van der Waals surface area contributed by atoms with Gasteiger partial charge in [-0.05, 0) is 30.7 Å². The molecule has 2 heterocycles. The highest BCUT2D eigenvalue weighted by Crippen LogP contribution is 2.36. The quantitative estimate of drug-likeness (QED) is 0.946. The van der Waals surface area contributed by atoms with E-state index in [0.29, 0.717) is 24.0 Å².